The number of hydrogen-bond acceptors (Lipinski definition) is 3. The summed E-state index contributed by atoms with van der Waals surface area (Å²) in [6.45, 7) is 0. The van der Waals surface area contributed by atoms with E-state index in [4.69, 9.17) is 4.74 Å². The van der Waals surface area contributed by atoms with Gasteiger partial charge in [-0.2, -0.15) is 13.2 Å². The maximum atomic E-state index is 12.6. The molecule has 0 unspecified atom stereocenters. The molecule has 138 valence electrons. The maximum Gasteiger partial charge on any atom is 0.416 e. The third-order valence-electron chi connectivity index (χ3n) is 3.62. The Labute approximate surface area is 161 Å². The Hall–Kier alpha value is -2.10. The van der Waals surface area contributed by atoms with E-state index in [0.717, 1.165) is 33.4 Å². The average molecular weight is 477 g/mol. The van der Waals surface area contributed by atoms with Crippen molar-refractivity contribution >= 4 is 34.5 Å². The zero-order valence-electron chi connectivity index (χ0n) is 13.6. The van der Waals surface area contributed by atoms with Gasteiger partial charge in [-0.05, 0) is 64.6 Å². The van der Waals surface area contributed by atoms with Crippen molar-refractivity contribution in [1.82, 2.24) is 5.32 Å². The van der Waals surface area contributed by atoms with Crippen LogP contribution in [0.1, 0.15) is 21.5 Å². The van der Waals surface area contributed by atoms with Crippen molar-refractivity contribution in [3.8, 4) is 0 Å². The zero-order chi connectivity index (χ0) is 19.3. The molecular formula is C18H15F3INO3. The summed E-state index contributed by atoms with van der Waals surface area (Å²) in [5.74, 6) is -1.29. The second-order valence-electron chi connectivity index (χ2n) is 5.45. The zero-order valence-corrected chi connectivity index (χ0v) is 15.8. The molecule has 0 heterocycles. The molecule has 0 saturated carbocycles. The molecule has 2 aromatic carbocycles. The lowest BCUT2D eigenvalue weighted by Gasteiger charge is -2.17. The molecule has 0 aliphatic carbocycles. The van der Waals surface area contributed by atoms with E-state index in [1.54, 1.807) is 0 Å². The minimum absolute atomic E-state index is 0.0227. The smallest absolute Gasteiger partial charge is 0.416 e. The van der Waals surface area contributed by atoms with Crippen molar-refractivity contribution in [2.24, 2.45) is 0 Å². The molecule has 0 fully saturated rings. The number of benzene rings is 2. The second kappa shape index (κ2) is 8.52. The van der Waals surface area contributed by atoms with Crippen LogP contribution >= 0.6 is 22.6 Å². The van der Waals surface area contributed by atoms with Crippen LogP contribution in [0.4, 0.5) is 13.2 Å². The van der Waals surface area contributed by atoms with Crippen molar-refractivity contribution in [1.29, 1.82) is 0 Å². The minimum atomic E-state index is -4.48. The van der Waals surface area contributed by atoms with Gasteiger partial charge in [-0.25, -0.2) is 4.79 Å². The number of carbonyl (C=O) groups excluding carboxylic acids is 2. The summed E-state index contributed by atoms with van der Waals surface area (Å²) in [7, 11) is 1.20. The summed E-state index contributed by atoms with van der Waals surface area (Å²) < 4.78 is 43.5. The molecule has 0 radical (unpaired) electrons. The first-order valence-electron chi connectivity index (χ1n) is 7.51. The van der Waals surface area contributed by atoms with Crippen molar-refractivity contribution in [2.75, 3.05) is 7.11 Å². The lowest BCUT2D eigenvalue weighted by molar-refractivity contribution is -0.142. The molecular weight excluding hydrogens is 462 g/mol. The van der Waals surface area contributed by atoms with E-state index in [1.165, 1.54) is 7.11 Å². The van der Waals surface area contributed by atoms with Crippen molar-refractivity contribution in [3.63, 3.8) is 0 Å². The van der Waals surface area contributed by atoms with E-state index in [2.05, 4.69) is 27.9 Å². The number of alkyl halides is 3. The van der Waals surface area contributed by atoms with Gasteiger partial charge >= 0.3 is 12.1 Å². The van der Waals surface area contributed by atoms with Crippen molar-refractivity contribution in [2.45, 2.75) is 18.6 Å². The first kappa shape index (κ1) is 20.2. The Morgan fingerprint density at radius 3 is 2.15 bits per heavy atom. The fourth-order valence-electron chi connectivity index (χ4n) is 2.24. The number of ether oxygens (including phenoxy) is 1. The van der Waals surface area contributed by atoms with Gasteiger partial charge in [-0.15, -0.1) is 0 Å². The highest BCUT2D eigenvalue weighted by molar-refractivity contribution is 14.1. The van der Waals surface area contributed by atoms with Crippen LogP contribution in [0.2, 0.25) is 0 Å². The standard InChI is InChI=1S/C18H15F3INO3/c1-26-17(25)15(10-11-2-8-14(22)9-3-11)23-16(24)12-4-6-13(7-5-12)18(19,20)21/h2-9,15H,10H2,1H3,(H,23,24)/t15-/m1/s1. The first-order valence-corrected chi connectivity index (χ1v) is 8.59. The summed E-state index contributed by atoms with van der Waals surface area (Å²) in [4.78, 5) is 24.2. The van der Waals surface area contributed by atoms with Gasteiger partial charge in [0.25, 0.3) is 5.91 Å². The molecule has 2 rings (SSSR count). The highest BCUT2D eigenvalue weighted by Gasteiger charge is 2.30. The largest absolute Gasteiger partial charge is 0.467 e. The molecule has 0 aromatic heterocycles. The molecule has 1 N–H and O–H groups in total. The van der Waals surface area contributed by atoms with E-state index in [0.29, 0.717) is 0 Å². The predicted molar refractivity (Wildman–Crippen MR) is 97.6 cm³/mol. The van der Waals surface area contributed by atoms with Crippen LogP contribution in [0.3, 0.4) is 0 Å². The Morgan fingerprint density at radius 2 is 1.65 bits per heavy atom. The predicted octanol–water partition coefficient (Wildman–Crippen LogP) is 3.82. The topological polar surface area (TPSA) is 55.4 Å². The summed E-state index contributed by atoms with van der Waals surface area (Å²) >= 11 is 2.15. The third kappa shape index (κ3) is 5.45. The average Bonchev–Trinajstić information content (AvgIpc) is 2.61. The molecule has 1 amide bonds. The van der Waals surface area contributed by atoms with Gasteiger partial charge in [0.2, 0.25) is 0 Å². The van der Waals surface area contributed by atoms with E-state index in [1.807, 2.05) is 24.3 Å². The quantitative estimate of drug-likeness (QED) is 0.527. The van der Waals surface area contributed by atoms with Gasteiger partial charge < -0.3 is 10.1 Å². The van der Waals surface area contributed by atoms with E-state index in [9.17, 15) is 22.8 Å². The Balaban J connectivity index is 2.13. The number of hydrogen-bond donors (Lipinski definition) is 1. The van der Waals surface area contributed by atoms with Gasteiger partial charge in [0.1, 0.15) is 6.04 Å². The summed E-state index contributed by atoms with van der Waals surface area (Å²) in [5, 5.41) is 2.51. The molecule has 1 atom stereocenters. The van der Waals surface area contributed by atoms with Crippen LogP contribution in [0, 0.1) is 3.57 Å². The monoisotopic (exact) mass is 477 g/mol. The van der Waals surface area contributed by atoms with Crippen LogP contribution in [-0.4, -0.2) is 25.0 Å². The highest BCUT2D eigenvalue weighted by Crippen LogP contribution is 2.29. The lowest BCUT2D eigenvalue weighted by atomic mass is 10.0. The Bertz CT molecular complexity index is 774. The Kier molecular flexibility index (Phi) is 6.63. The number of esters is 1. The SMILES string of the molecule is COC(=O)[C@@H](Cc1ccc(I)cc1)NC(=O)c1ccc(C(F)(F)F)cc1. The fourth-order valence-corrected chi connectivity index (χ4v) is 2.60. The summed E-state index contributed by atoms with van der Waals surface area (Å²) in [5.41, 5.74) is -0.0134. The molecule has 0 saturated heterocycles. The number of halogens is 4. The van der Waals surface area contributed by atoms with Crippen molar-refractivity contribution < 1.29 is 27.5 Å². The molecule has 26 heavy (non-hydrogen) atoms. The second-order valence-corrected chi connectivity index (χ2v) is 6.70. The van der Waals surface area contributed by atoms with Crippen molar-refractivity contribution in [3.05, 3.63) is 68.8 Å². The van der Waals surface area contributed by atoms with Gasteiger partial charge in [0.05, 0.1) is 12.7 Å². The minimum Gasteiger partial charge on any atom is -0.467 e. The molecule has 0 aliphatic rings. The van der Waals surface area contributed by atoms with E-state index >= 15 is 0 Å². The Morgan fingerprint density at radius 1 is 1.08 bits per heavy atom. The van der Waals surface area contributed by atoms with Gasteiger partial charge in [-0.1, -0.05) is 12.1 Å². The van der Waals surface area contributed by atoms with E-state index < -0.39 is 29.7 Å². The third-order valence-corrected chi connectivity index (χ3v) is 4.34. The maximum absolute atomic E-state index is 12.6. The molecule has 4 nitrogen and oxygen atoms in total. The van der Waals surface area contributed by atoms with Crippen LogP contribution in [-0.2, 0) is 22.1 Å². The number of rotatable bonds is 5. The van der Waals surface area contributed by atoms with Crippen LogP contribution in [0.5, 0.6) is 0 Å². The molecule has 0 aliphatic heterocycles. The number of methoxy groups -OCH3 is 1. The summed E-state index contributed by atoms with van der Waals surface area (Å²) in [6.07, 6.45) is -4.27. The fraction of sp³-hybridized carbons (Fsp3) is 0.222. The molecule has 2 aromatic rings. The summed E-state index contributed by atoms with van der Waals surface area (Å²) in [6, 6.07) is 10.2. The van der Waals surface area contributed by atoms with Gasteiger partial charge in [-0.3, -0.25) is 4.79 Å². The molecule has 8 heteroatoms. The van der Waals surface area contributed by atoms with Gasteiger partial charge in [0.15, 0.2) is 0 Å². The molecule has 0 spiro atoms. The number of carbonyl (C=O) groups is 2. The normalized spacial score (nSPS) is 12.3. The van der Waals surface area contributed by atoms with Crippen LogP contribution in [0.15, 0.2) is 48.5 Å². The van der Waals surface area contributed by atoms with Crippen LogP contribution < -0.4 is 5.32 Å². The van der Waals surface area contributed by atoms with Gasteiger partial charge in [0, 0.05) is 15.6 Å². The lowest BCUT2D eigenvalue weighted by Crippen LogP contribution is -2.43. The van der Waals surface area contributed by atoms with E-state index in [-0.39, 0.29) is 12.0 Å². The number of nitrogens with one attached hydrogen (secondary N) is 1. The first-order chi connectivity index (χ1) is 12.2. The highest BCUT2D eigenvalue weighted by atomic mass is 127. The molecule has 0 bridgehead atoms. The number of amides is 1. The van der Waals surface area contributed by atoms with Crippen LogP contribution in [0.25, 0.3) is 0 Å².